The van der Waals surface area contributed by atoms with Gasteiger partial charge in [-0.25, -0.2) is 0 Å². The van der Waals surface area contributed by atoms with E-state index in [1.807, 2.05) is 12.1 Å². The molecule has 0 N–H and O–H groups in total. The maximum absolute atomic E-state index is 8.64. The van der Waals surface area contributed by atoms with Gasteiger partial charge in [-0.15, -0.1) is 24.7 Å². The van der Waals surface area contributed by atoms with Gasteiger partial charge < -0.3 is 0 Å². The molecule has 0 spiro atoms. The van der Waals surface area contributed by atoms with E-state index in [4.69, 9.17) is 33.9 Å². The Bertz CT molecular complexity index is 519. The molecule has 4 nitrogen and oxygen atoms in total. The van der Waals surface area contributed by atoms with E-state index in [-0.39, 0.29) is 11.8 Å². The summed E-state index contributed by atoms with van der Waals surface area (Å²) < 4.78 is 0. The molecule has 4 heteroatoms. The second-order valence-electron chi connectivity index (χ2n) is 4.88. The zero-order valence-electron chi connectivity index (χ0n) is 13.5. The number of unbranched alkanes of at least 4 members (excludes halogenated alkanes) is 1. The predicted molar refractivity (Wildman–Crippen MR) is 88.7 cm³/mol. The second-order valence-corrected chi connectivity index (χ2v) is 4.88. The summed E-state index contributed by atoms with van der Waals surface area (Å²) in [5, 5.41) is 33.7. The first-order valence-electron chi connectivity index (χ1n) is 7.60. The second kappa shape index (κ2) is 19.1. The van der Waals surface area contributed by atoms with Crippen LogP contribution in [0.15, 0.2) is 0 Å². The molecule has 0 fully saturated rings. The van der Waals surface area contributed by atoms with E-state index in [1.54, 1.807) is 0 Å². The van der Waals surface area contributed by atoms with Gasteiger partial charge in [0, 0.05) is 37.5 Å². The highest BCUT2D eigenvalue weighted by molar-refractivity contribution is 4.91. The standard InChI is InChI=1S/C10H12N2.C9H10N2/c1-2-3-4-6-10(9-12)7-5-8-11;1-2-3-5-9(8-11)6-4-7-10/h1,10H,3-7H2;1,9H,3-6H2. The van der Waals surface area contributed by atoms with Gasteiger partial charge in [0.25, 0.3) is 0 Å². The van der Waals surface area contributed by atoms with Crippen molar-refractivity contribution < 1.29 is 0 Å². The summed E-state index contributed by atoms with van der Waals surface area (Å²) in [6.07, 6.45) is 16.1. The molecule has 0 radical (unpaired) electrons. The number of nitriles is 4. The molecule has 0 saturated heterocycles. The lowest BCUT2D eigenvalue weighted by Gasteiger charge is -2.03. The Morgan fingerprint density at radius 3 is 1.43 bits per heavy atom. The zero-order chi connectivity index (χ0) is 17.8. The van der Waals surface area contributed by atoms with Crippen LogP contribution in [-0.2, 0) is 0 Å². The third-order valence-electron chi connectivity index (χ3n) is 3.09. The van der Waals surface area contributed by atoms with Gasteiger partial charge >= 0.3 is 0 Å². The maximum atomic E-state index is 8.64. The topological polar surface area (TPSA) is 95.2 Å². The molecule has 0 aliphatic rings. The number of terminal acetylenes is 2. The van der Waals surface area contributed by atoms with Crippen molar-refractivity contribution in [3.05, 3.63) is 0 Å². The Balaban J connectivity index is 0. The predicted octanol–water partition coefficient (Wildman–Crippen LogP) is 4.08. The Labute approximate surface area is 140 Å². The summed E-state index contributed by atoms with van der Waals surface area (Å²) in [5.74, 6) is 4.98. The Kier molecular flexibility index (Phi) is 18.6. The molecule has 2 unspecified atom stereocenters. The van der Waals surface area contributed by atoms with Gasteiger partial charge in [-0.1, -0.05) is 0 Å². The van der Waals surface area contributed by atoms with Gasteiger partial charge in [-0.2, -0.15) is 21.0 Å². The molecule has 23 heavy (non-hydrogen) atoms. The van der Waals surface area contributed by atoms with Gasteiger partial charge in [-0.3, -0.25) is 0 Å². The van der Waals surface area contributed by atoms with Crippen LogP contribution in [0.4, 0.5) is 0 Å². The molecule has 0 aromatic heterocycles. The molecule has 2 atom stereocenters. The Morgan fingerprint density at radius 2 is 1.04 bits per heavy atom. The first-order chi connectivity index (χ1) is 11.2. The van der Waals surface area contributed by atoms with E-state index in [9.17, 15) is 0 Å². The van der Waals surface area contributed by atoms with Crippen LogP contribution in [-0.4, -0.2) is 0 Å². The molecule has 118 valence electrons. The Hall–Kier alpha value is -2.92. The minimum absolute atomic E-state index is 0.0120. The van der Waals surface area contributed by atoms with Crippen LogP contribution in [0.1, 0.15) is 57.8 Å². The minimum atomic E-state index is -0.0364. The van der Waals surface area contributed by atoms with Crippen LogP contribution in [0.3, 0.4) is 0 Å². The molecule has 0 aliphatic heterocycles. The van der Waals surface area contributed by atoms with E-state index in [0.717, 1.165) is 19.3 Å². The van der Waals surface area contributed by atoms with Crippen molar-refractivity contribution in [1.82, 2.24) is 0 Å². The first-order valence-corrected chi connectivity index (χ1v) is 7.60. The van der Waals surface area contributed by atoms with Gasteiger partial charge in [0.05, 0.1) is 24.3 Å². The van der Waals surface area contributed by atoms with E-state index >= 15 is 0 Å². The maximum Gasteiger partial charge on any atom is 0.0656 e. The molecule has 0 aromatic rings. The fourth-order valence-corrected chi connectivity index (χ4v) is 1.73. The van der Waals surface area contributed by atoms with Crippen molar-refractivity contribution in [1.29, 1.82) is 21.0 Å². The third-order valence-corrected chi connectivity index (χ3v) is 3.09. The van der Waals surface area contributed by atoms with Gasteiger partial charge in [0.15, 0.2) is 0 Å². The lowest BCUT2D eigenvalue weighted by Crippen LogP contribution is -1.96. The van der Waals surface area contributed by atoms with Crippen LogP contribution >= 0.6 is 0 Å². The highest BCUT2D eigenvalue weighted by Gasteiger charge is 2.05. The average molecular weight is 306 g/mol. The molecule has 0 amide bonds. The normalized spacial score (nSPS) is 10.7. The summed E-state index contributed by atoms with van der Waals surface area (Å²) in [5.41, 5.74) is 0. The summed E-state index contributed by atoms with van der Waals surface area (Å²) in [4.78, 5) is 0. The van der Waals surface area contributed by atoms with Crippen molar-refractivity contribution in [2.75, 3.05) is 0 Å². The number of hydrogen-bond donors (Lipinski definition) is 0. The molecular formula is C19H22N4. The van der Waals surface area contributed by atoms with Crippen molar-refractivity contribution in [3.8, 4) is 49.0 Å². The number of nitrogens with zero attached hydrogens (tertiary/aromatic N) is 4. The largest absolute Gasteiger partial charge is 0.198 e. The van der Waals surface area contributed by atoms with Crippen LogP contribution in [0.5, 0.6) is 0 Å². The lowest BCUT2D eigenvalue weighted by molar-refractivity contribution is 0.545. The lowest BCUT2D eigenvalue weighted by atomic mass is 9.99. The average Bonchev–Trinajstić information content (AvgIpc) is 2.59. The molecule has 0 aromatic carbocycles. The van der Waals surface area contributed by atoms with Gasteiger partial charge in [0.2, 0.25) is 0 Å². The van der Waals surface area contributed by atoms with Crippen LogP contribution in [0.25, 0.3) is 0 Å². The summed E-state index contributed by atoms with van der Waals surface area (Å²) >= 11 is 0. The van der Waals surface area contributed by atoms with E-state index in [2.05, 4.69) is 24.0 Å². The van der Waals surface area contributed by atoms with Crippen LogP contribution in [0.2, 0.25) is 0 Å². The smallest absolute Gasteiger partial charge is 0.0656 e. The quantitative estimate of drug-likeness (QED) is 0.473. The molecule has 0 saturated carbocycles. The summed E-state index contributed by atoms with van der Waals surface area (Å²) in [6, 6.07) is 8.34. The third kappa shape index (κ3) is 17.0. The van der Waals surface area contributed by atoms with E-state index < -0.39 is 0 Å². The highest BCUT2D eigenvalue weighted by Crippen LogP contribution is 2.13. The van der Waals surface area contributed by atoms with Crippen LogP contribution < -0.4 is 0 Å². The van der Waals surface area contributed by atoms with Gasteiger partial charge in [-0.05, 0) is 32.1 Å². The molecular weight excluding hydrogens is 284 g/mol. The van der Waals surface area contributed by atoms with Crippen molar-refractivity contribution in [3.63, 3.8) is 0 Å². The van der Waals surface area contributed by atoms with Crippen molar-refractivity contribution >= 4 is 0 Å². The van der Waals surface area contributed by atoms with E-state index in [1.165, 1.54) is 0 Å². The molecule has 0 rings (SSSR count). The summed E-state index contributed by atoms with van der Waals surface area (Å²) in [6.45, 7) is 0. The molecule has 0 aliphatic carbocycles. The first kappa shape index (κ1) is 22.4. The van der Waals surface area contributed by atoms with Gasteiger partial charge in [0.1, 0.15) is 0 Å². The highest BCUT2D eigenvalue weighted by atomic mass is 14.3. The van der Waals surface area contributed by atoms with Crippen LogP contribution in [0, 0.1) is 81.8 Å². The van der Waals surface area contributed by atoms with Crippen molar-refractivity contribution in [2.45, 2.75) is 57.8 Å². The minimum Gasteiger partial charge on any atom is -0.198 e. The fraction of sp³-hybridized carbons (Fsp3) is 0.579. The van der Waals surface area contributed by atoms with E-state index in [0.29, 0.717) is 38.5 Å². The Morgan fingerprint density at radius 1 is 0.609 bits per heavy atom. The number of rotatable bonds is 9. The number of hydrogen-bond acceptors (Lipinski definition) is 4. The fourth-order valence-electron chi connectivity index (χ4n) is 1.73. The molecule has 0 bridgehead atoms. The summed E-state index contributed by atoms with van der Waals surface area (Å²) in [7, 11) is 0. The SMILES string of the molecule is C#CCCC(C#N)CCC#N.C#CCCCC(C#N)CCC#N. The zero-order valence-corrected chi connectivity index (χ0v) is 13.5. The van der Waals surface area contributed by atoms with Crippen molar-refractivity contribution in [2.24, 2.45) is 11.8 Å². The monoisotopic (exact) mass is 306 g/mol. The molecule has 0 heterocycles.